The quantitative estimate of drug-likeness (QED) is 0.315. The molecule has 10 heteroatoms. The molecule has 0 saturated carbocycles. The lowest BCUT2D eigenvalue weighted by Gasteiger charge is -2.22. The number of methoxy groups -OCH3 is 2. The molecule has 0 unspecified atom stereocenters. The Labute approximate surface area is 205 Å². The van der Waals surface area contributed by atoms with Gasteiger partial charge in [0.05, 0.1) is 31.1 Å². The highest BCUT2D eigenvalue weighted by atomic mass is 19.1. The summed E-state index contributed by atoms with van der Waals surface area (Å²) in [6.07, 6.45) is 1.55. The van der Waals surface area contributed by atoms with E-state index in [2.05, 4.69) is 10.3 Å². The van der Waals surface area contributed by atoms with Crippen LogP contribution in [-0.4, -0.2) is 31.8 Å². The number of carbonyl (C=O) groups is 1. The number of ether oxygens (including phenoxy) is 3. The number of anilines is 2. The fraction of sp³-hybridized carbons (Fsp3) is 0.154. The van der Waals surface area contributed by atoms with Crippen molar-refractivity contribution in [2.75, 3.05) is 31.0 Å². The van der Waals surface area contributed by atoms with Crippen molar-refractivity contribution in [2.24, 2.45) is 0 Å². The van der Waals surface area contributed by atoms with Gasteiger partial charge in [-0.1, -0.05) is 0 Å². The zero-order valence-electron chi connectivity index (χ0n) is 19.6. The van der Waals surface area contributed by atoms with Gasteiger partial charge in [0, 0.05) is 36.3 Å². The fourth-order valence-electron chi connectivity index (χ4n) is 3.63. The Morgan fingerprint density at radius 3 is 2.33 bits per heavy atom. The molecule has 186 valence electrons. The molecule has 1 N–H and O–H groups in total. The minimum Gasteiger partial charge on any atom is -0.493 e. The number of benzene rings is 3. The summed E-state index contributed by atoms with van der Waals surface area (Å²) in [6.45, 7) is 1.72. The lowest BCUT2D eigenvalue weighted by molar-refractivity contribution is 0.257. The van der Waals surface area contributed by atoms with E-state index in [0.29, 0.717) is 34.2 Å². The van der Waals surface area contributed by atoms with E-state index in [9.17, 15) is 13.6 Å². The highest BCUT2D eigenvalue weighted by Gasteiger charge is 2.20. The number of nitrogens with zero attached hydrogens (tertiary/aromatic N) is 2. The second-order valence-corrected chi connectivity index (χ2v) is 7.55. The first-order valence-corrected chi connectivity index (χ1v) is 10.9. The molecule has 3 aromatic carbocycles. The van der Waals surface area contributed by atoms with Crippen molar-refractivity contribution in [3.63, 3.8) is 0 Å². The van der Waals surface area contributed by atoms with Crippen molar-refractivity contribution in [3.05, 3.63) is 78.2 Å². The fourth-order valence-corrected chi connectivity index (χ4v) is 3.63. The van der Waals surface area contributed by atoms with Crippen LogP contribution in [-0.2, 0) is 0 Å². The van der Waals surface area contributed by atoms with E-state index in [1.54, 1.807) is 31.3 Å². The van der Waals surface area contributed by atoms with Gasteiger partial charge >= 0.3 is 6.03 Å². The van der Waals surface area contributed by atoms with Crippen molar-refractivity contribution in [1.82, 2.24) is 4.98 Å². The molecule has 4 rings (SSSR count). The van der Waals surface area contributed by atoms with Crippen LogP contribution in [0.2, 0.25) is 0 Å². The van der Waals surface area contributed by atoms with Gasteiger partial charge < -0.3 is 19.5 Å². The van der Waals surface area contributed by atoms with E-state index in [-0.39, 0.29) is 23.7 Å². The average molecular weight is 497 g/mol. The topological polar surface area (TPSA) is 72.9 Å². The van der Waals surface area contributed by atoms with E-state index in [4.69, 9.17) is 14.2 Å². The van der Waals surface area contributed by atoms with Crippen molar-refractivity contribution in [2.45, 2.75) is 6.92 Å². The van der Waals surface area contributed by atoms with Crippen LogP contribution in [0.4, 0.5) is 29.3 Å². The molecule has 0 fully saturated rings. The Morgan fingerprint density at radius 1 is 0.917 bits per heavy atom. The average Bonchev–Trinajstić information content (AvgIpc) is 2.86. The molecule has 0 aliphatic heterocycles. The summed E-state index contributed by atoms with van der Waals surface area (Å²) in [6, 6.07) is 11.0. The highest BCUT2D eigenvalue weighted by Crippen LogP contribution is 2.37. The van der Waals surface area contributed by atoms with E-state index < -0.39 is 23.5 Å². The molecule has 0 atom stereocenters. The SMILES string of the molecule is CCN(C(=O)Nc1ccc(F)cc1F)c1ccc(Oc2ccnc3cc(OC)c(OC)cc23)cc1F. The van der Waals surface area contributed by atoms with Gasteiger partial charge in [-0.2, -0.15) is 0 Å². The molecule has 1 heterocycles. The molecule has 0 aliphatic rings. The van der Waals surface area contributed by atoms with Gasteiger partial charge in [0.1, 0.15) is 23.1 Å². The summed E-state index contributed by atoms with van der Waals surface area (Å²) in [5.41, 5.74) is 0.316. The summed E-state index contributed by atoms with van der Waals surface area (Å²) < 4.78 is 58.7. The standard InChI is InChI=1S/C26H22F3N3O4/c1-4-32(26(33)31-20-7-5-15(27)11-18(20)28)22-8-6-16(12-19(22)29)36-23-9-10-30-21-14-25(35-3)24(34-2)13-17(21)23/h5-14H,4H2,1-3H3,(H,31,33). The molecule has 0 saturated heterocycles. The Morgan fingerprint density at radius 2 is 1.67 bits per heavy atom. The Bertz CT molecular complexity index is 1430. The van der Waals surface area contributed by atoms with Gasteiger partial charge in [0.25, 0.3) is 0 Å². The lowest BCUT2D eigenvalue weighted by atomic mass is 10.1. The molecular formula is C26H22F3N3O4. The third-order valence-electron chi connectivity index (χ3n) is 5.38. The van der Waals surface area contributed by atoms with Crippen LogP contribution in [0.15, 0.2) is 60.8 Å². The maximum atomic E-state index is 15.1. The van der Waals surface area contributed by atoms with Gasteiger partial charge in [0.15, 0.2) is 17.3 Å². The summed E-state index contributed by atoms with van der Waals surface area (Å²) in [4.78, 5) is 18.1. The molecule has 2 amide bonds. The number of hydrogen-bond donors (Lipinski definition) is 1. The number of rotatable bonds is 7. The van der Waals surface area contributed by atoms with Crippen LogP contribution in [0, 0.1) is 17.5 Å². The van der Waals surface area contributed by atoms with Crippen molar-refractivity contribution >= 4 is 28.3 Å². The predicted molar refractivity (Wildman–Crippen MR) is 130 cm³/mol. The number of nitrogens with one attached hydrogen (secondary N) is 1. The molecule has 0 bridgehead atoms. The van der Waals surface area contributed by atoms with Gasteiger partial charge in [-0.05, 0) is 43.3 Å². The molecule has 7 nitrogen and oxygen atoms in total. The molecule has 0 spiro atoms. The summed E-state index contributed by atoms with van der Waals surface area (Å²) in [5.74, 6) is -0.886. The zero-order valence-corrected chi connectivity index (χ0v) is 19.6. The maximum Gasteiger partial charge on any atom is 0.326 e. The van der Waals surface area contributed by atoms with Gasteiger partial charge in [-0.15, -0.1) is 0 Å². The number of halogens is 3. The minimum atomic E-state index is -0.942. The third kappa shape index (κ3) is 4.97. The van der Waals surface area contributed by atoms with Crippen LogP contribution in [0.3, 0.4) is 0 Å². The third-order valence-corrected chi connectivity index (χ3v) is 5.38. The van der Waals surface area contributed by atoms with Crippen LogP contribution >= 0.6 is 0 Å². The van der Waals surface area contributed by atoms with E-state index in [0.717, 1.165) is 23.1 Å². The summed E-state index contributed by atoms with van der Waals surface area (Å²) >= 11 is 0. The van der Waals surface area contributed by atoms with Crippen LogP contribution in [0.1, 0.15) is 6.92 Å². The first-order valence-electron chi connectivity index (χ1n) is 10.9. The van der Waals surface area contributed by atoms with E-state index in [1.807, 2.05) is 0 Å². The molecular weight excluding hydrogens is 475 g/mol. The number of carbonyl (C=O) groups excluding carboxylic acids is 1. The summed E-state index contributed by atoms with van der Waals surface area (Å²) in [5, 5.41) is 2.95. The number of hydrogen-bond acceptors (Lipinski definition) is 5. The number of pyridine rings is 1. The largest absolute Gasteiger partial charge is 0.493 e. The lowest BCUT2D eigenvalue weighted by Crippen LogP contribution is -2.35. The van der Waals surface area contributed by atoms with E-state index in [1.165, 1.54) is 26.4 Å². The number of fused-ring (bicyclic) bond motifs is 1. The van der Waals surface area contributed by atoms with Crippen molar-refractivity contribution < 1.29 is 32.2 Å². The van der Waals surface area contributed by atoms with Crippen LogP contribution in [0.25, 0.3) is 10.9 Å². The monoisotopic (exact) mass is 497 g/mol. The summed E-state index contributed by atoms with van der Waals surface area (Å²) in [7, 11) is 3.03. The molecule has 1 aromatic heterocycles. The predicted octanol–water partition coefficient (Wildman–Crippen LogP) is 6.52. The Kier molecular flexibility index (Phi) is 7.14. The van der Waals surface area contributed by atoms with Gasteiger partial charge in [0.2, 0.25) is 0 Å². The molecule has 4 aromatic rings. The van der Waals surface area contributed by atoms with Gasteiger partial charge in [-0.25, -0.2) is 18.0 Å². The van der Waals surface area contributed by atoms with Crippen LogP contribution in [0.5, 0.6) is 23.0 Å². The second-order valence-electron chi connectivity index (χ2n) is 7.55. The number of amides is 2. The molecule has 36 heavy (non-hydrogen) atoms. The Hall–Kier alpha value is -4.47. The maximum absolute atomic E-state index is 15.1. The van der Waals surface area contributed by atoms with E-state index >= 15 is 4.39 Å². The number of urea groups is 1. The van der Waals surface area contributed by atoms with Crippen LogP contribution < -0.4 is 24.4 Å². The highest BCUT2D eigenvalue weighted by molar-refractivity contribution is 6.01. The van der Waals surface area contributed by atoms with Gasteiger partial charge in [-0.3, -0.25) is 9.88 Å². The first-order chi connectivity index (χ1) is 17.3. The molecule has 0 aliphatic carbocycles. The zero-order chi connectivity index (χ0) is 25.8. The Balaban J connectivity index is 1.59. The second kappa shape index (κ2) is 10.4. The van der Waals surface area contributed by atoms with Crippen molar-refractivity contribution in [3.8, 4) is 23.0 Å². The first kappa shape index (κ1) is 24.6. The molecule has 0 radical (unpaired) electrons. The van der Waals surface area contributed by atoms with Crippen molar-refractivity contribution in [1.29, 1.82) is 0 Å². The normalized spacial score (nSPS) is 10.7. The minimum absolute atomic E-state index is 0.0455. The smallest absolute Gasteiger partial charge is 0.326 e. The number of aromatic nitrogens is 1.